The van der Waals surface area contributed by atoms with Crippen molar-refractivity contribution in [2.45, 2.75) is 0 Å². The Balaban J connectivity index is 3.31. The molecule has 0 saturated heterocycles. The summed E-state index contributed by atoms with van der Waals surface area (Å²) in [4.78, 5) is 6.12. The molecule has 1 heterocycles. The van der Waals surface area contributed by atoms with Gasteiger partial charge in [-0.3, -0.25) is 0 Å². The molecule has 2 nitrogen and oxygen atoms in total. The molecule has 0 amide bonds. The molecule has 0 bridgehead atoms. The molecule has 36 valence electrons. The molecule has 1 aromatic heterocycles. The third-order valence-electron chi connectivity index (χ3n) is 0.408. The fraction of sp³-hybridized carbons (Fsp3) is 0. The number of hydrogen-bond acceptors (Lipinski definition) is 2. The van der Waals surface area contributed by atoms with E-state index >= 15 is 0 Å². The van der Waals surface area contributed by atoms with E-state index in [0.717, 1.165) is 0 Å². The molecule has 0 atom stereocenters. The molecule has 7 heavy (non-hydrogen) atoms. The quantitative estimate of drug-likeness (QED) is 0.478. The number of aromatic nitrogens is 2. The topological polar surface area (TPSA) is 25.8 Å². The lowest BCUT2D eigenvalue weighted by Crippen LogP contribution is -1.76. The highest BCUT2D eigenvalue weighted by molar-refractivity contribution is 4.80. The summed E-state index contributed by atoms with van der Waals surface area (Å²) in [6.07, 6.45) is -1.91. The number of nitrogens with zero attached hydrogens (tertiary/aromatic N) is 2. The zero-order chi connectivity index (χ0) is 7.72. The van der Waals surface area contributed by atoms with Crippen molar-refractivity contribution in [3.8, 4) is 0 Å². The summed E-state index contributed by atoms with van der Waals surface area (Å²) in [5.74, 6) is -1.09. The fourth-order valence-corrected chi connectivity index (χ4v) is 0.198. The van der Waals surface area contributed by atoms with Gasteiger partial charge in [0.2, 0.25) is 0 Å². The van der Waals surface area contributed by atoms with Gasteiger partial charge in [-0.25, -0.2) is 14.4 Å². The van der Waals surface area contributed by atoms with Gasteiger partial charge in [-0.05, 0) is 0 Å². The van der Waals surface area contributed by atoms with E-state index in [9.17, 15) is 4.39 Å². The normalized spacial score (nSPS) is 14.7. The molecular formula is C4H3FN2. The van der Waals surface area contributed by atoms with Gasteiger partial charge in [-0.2, -0.15) is 0 Å². The summed E-state index contributed by atoms with van der Waals surface area (Å²) in [5.41, 5.74) is 0. The van der Waals surface area contributed by atoms with Crippen LogP contribution < -0.4 is 0 Å². The van der Waals surface area contributed by atoms with Crippen molar-refractivity contribution in [2.75, 3.05) is 0 Å². The minimum absolute atomic E-state index is 0.503. The second kappa shape index (κ2) is 1.64. The van der Waals surface area contributed by atoms with Gasteiger partial charge in [0.05, 0.1) is 15.1 Å². The van der Waals surface area contributed by atoms with Crippen LogP contribution in [0.1, 0.15) is 4.11 Å². The molecule has 3 heteroatoms. The second-order valence-electron chi connectivity index (χ2n) is 0.861. The molecule has 0 fully saturated rings. The van der Waals surface area contributed by atoms with Crippen molar-refractivity contribution < 1.29 is 8.50 Å². The highest BCUT2D eigenvalue weighted by Gasteiger charge is 1.79. The molecule has 0 spiro atoms. The van der Waals surface area contributed by atoms with Crippen molar-refractivity contribution in [1.82, 2.24) is 9.97 Å². The smallest absolute Gasteiger partial charge is 0.159 e. The Morgan fingerprint density at radius 3 is 2.71 bits per heavy atom. The summed E-state index contributed by atoms with van der Waals surface area (Å²) >= 11 is 0. The molecule has 0 aromatic carbocycles. The van der Waals surface area contributed by atoms with Crippen LogP contribution in [0.2, 0.25) is 0 Å². The van der Waals surface area contributed by atoms with Crippen molar-refractivity contribution in [2.24, 2.45) is 0 Å². The summed E-state index contributed by atoms with van der Waals surface area (Å²) in [5, 5.41) is 0. The van der Waals surface area contributed by atoms with Crippen molar-refractivity contribution >= 4 is 0 Å². The van der Waals surface area contributed by atoms with Crippen LogP contribution in [0.15, 0.2) is 18.6 Å². The predicted octanol–water partition coefficient (Wildman–Crippen LogP) is 0.616. The summed E-state index contributed by atoms with van der Waals surface area (Å²) < 4.78 is 32.5. The van der Waals surface area contributed by atoms with Gasteiger partial charge in [-0.15, -0.1) is 0 Å². The van der Waals surface area contributed by atoms with Gasteiger partial charge in [0.25, 0.3) is 0 Å². The maximum absolute atomic E-state index is 12.3. The molecule has 0 aliphatic rings. The van der Waals surface area contributed by atoms with Gasteiger partial charge in [0.1, 0.15) is 7.67 Å². The standard InChI is InChI=1S/C4H3FN2/c5-4-1-6-3-7-2-4/h1-3H/i1D,2D,3D. The van der Waals surface area contributed by atoms with Gasteiger partial charge < -0.3 is 0 Å². The second-order valence-corrected chi connectivity index (χ2v) is 0.861. The Kier molecular flexibility index (Phi) is 0.435. The maximum Gasteiger partial charge on any atom is 0.159 e. The van der Waals surface area contributed by atoms with Crippen molar-refractivity contribution in [1.29, 1.82) is 0 Å². The first-order valence-corrected chi connectivity index (χ1v) is 1.58. The Morgan fingerprint density at radius 2 is 2.14 bits per heavy atom. The lowest BCUT2D eigenvalue weighted by atomic mass is 10.7. The third kappa shape index (κ3) is 0.924. The number of halogens is 1. The molecule has 0 radical (unpaired) electrons. The van der Waals surface area contributed by atoms with E-state index in [4.69, 9.17) is 4.11 Å². The van der Waals surface area contributed by atoms with Gasteiger partial charge >= 0.3 is 0 Å². The van der Waals surface area contributed by atoms with Crippen LogP contribution in [0.4, 0.5) is 4.39 Å². The monoisotopic (exact) mass is 101 g/mol. The van der Waals surface area contributed by atoms with Gasteiger partial charge in [0.15, 0.2) is 5.82 Å². The van der Waals surface area contributed by atoms with Crippen LogP contribution in [0.3, 0.4) is 0 Å². The molecule has 0 unspecified atom stereocenters. The zero-order valence-corrected chi connectivity index (χ0v) is 3.27. The minimum atomic E-state index is -1.09. The molecule has 0 aliphatic carbocycles. The fourth-order valence-electron chi connectivity index (χ4n) is 0.198. The molecular weight excluding hydrogens is 95.1 g/mol. The SMILES string of the molecule is [2H]c1nc([2H])c(F)c([2H])n1. The van der Waals surface area contributed by atoms with Crippen LogP contribution in [0.25, 0.3) is 0 Å². The van der Waals surface area contributed by atoms with E-state index in [1.165, 1.54) is 0 Å². The third-order valence-corrected chi connectivity index (χ3v) is 0.408. The lowest BCUT2D eigenvalue weighted by molar-refractivity contribution is 0.613. The Morgan fingerprint density at radius 1 is 1.57 bits per heavy atom. The highest BCUT2D eigenvalue weighted by atomic mass is 19.1. The zero-order valence-electron chi connectivity index (χ0n) is 6.27. The van der Waals surface area contributed by atoms with E-state index in [2.05, 4.69) is 9.97 Å². The molecule has 1 aromatic rings. The Hall–Kier alpha value is -0.990. The lowest BCUT2D eigenvalue weighted by Gasteiger charge is -1.77. The summed E-state index contributed by atoms with van der Waals surface area (Å²) in [6.45, 7) is 0. The van der Waals surface area contributed by atoms with Crippen LogP contribution >= 0.6 is 0 Å². The number of hydrogen-bond donors (Lipinski definition) is 0. The first kappa shape index (κ1) is 1.86. The van der Waals surface area contributed by atoms with E-state index in [0.29, 0.717) is 0 Å². The number of rotatable bonds is 0. The first-order valence-electron chi connectivity index (χ1n) is 3.08. The van der Waals surface area contributed by atoms with Crippen LogP contribution in [0, 0.1) is 5.82 Å². The van der Waals surface area contributed by atoms with Crippen LogP contribution in [-0.2, 0) is 0 Å². The molecule has 0 saturated carbocycles. The molecule has 0 aliphatic heterocycles. The van der Waals surface area contributed by atoms with Crippen LogP contribution in [0.5, 0.6) is 0 Å². The largest absolute Gasteiger partial charge is 0.242 e. The van der Waals surface area contributed by atoms with Crippen LogP contribution in [-0.4, -0.2) is 9.97 Å². The van der Waals surface area contributed by atoms with E-state index in [-0.39, 0.29) is 0 Å². The van der Waals surface area contributed by atoms with E-state index in [1.807, 2.05) is 0 Å². The highest BCUT2D eigenvalue weighted by Crippen LogP contribution is 1.84. The average Bonchev–Trinajstić information content (AvgIpc) is 1.82. The average molecular weight is 101 g/mol. The van der Waals surface area contributed by atoms with Crippen molar-refractivity contribution in [3.63, 3.8) is 0 Å². The Labute approximate surface area is 44.3 Å². The maximum atomic E-state index is 12.3. The molecule has 1 rings (SSSR count). The van der Waals surface area contributed by atoms with E-state index < -0.39 is 24.5 Å². The summed E-state index contributed by atoms with van der Waals surface area (Å²) in [6, 6.07) is 0. The first-order chi connectivity index (χ1) is 4.61. The minimum Gasteiger partial charge on any atom is -0.242 e. The Bertz CT molecular complexity index is 242. The van der Waals surface area contributed by atoms with Gasteiger partial charge in [-0.1, -0.05) is 0 Å². The predicted molar refractivity (Wildman–Crippen MR) is 22.0 cm³/mol. The summed E-state index contributed by atoms with van der Waals surface area (Å²) in [7, 11) is 0. The van der Waals surface area contributed by atoms with Gasteiger partial charge in [0, 0.05) is 0 Å². The molecule has 0 N–H and O–H groups in total. The van der Waals surface area contributed by atoms with Crippen molar-refractivity contribution in [3.05, 3.63) is 24.5 Å². The van der Waals surface area contributed by atoms with E-state index in [1.54, 1.807) is 0 Å².